The number of hydrogen-bond donors (Lipinski definition) is 1. The van der Waals surface area contributed by atoms with Crippen molar-refractivity contribution in [1.82, 2.24) is 4.90 Å². The van der Waals surface area contributed by atoms with Gasteiger partial charge in [0, 0.05) is 13.1 Å². The van der Waals surface area contributed by atoms with Crippen LogP contribution in [0.25, 0.3) is 0 Å². The van der Waals surface area contributed by atoms with Crippen LogP contribution in [-0.2, 0) is 27.7 Å². The molecule has 2 aromatic rings. The van der Waals surface area contributed by atoms with Gasteiger partial charge in [0.1, 0.15) is 0 Å². The number of anilines is 1. The first-order valence-electron chi connectivity index (χ1n) is 10.2. The van der Waals surface area contributed by atoms with E-state index in [1.807, 2.05) is 11.0 Å². The maximum absolute atomic E-state index is 12.8. The number of rotatable bonds is 7. The fraction of sp³-hybridized carbons (Fsp3) is 0.435. The summed E-state index contributed by atoms with van der Waals surface area (Å²) in [5, 5.41) is 0. The smallest absolute Gasteiger partial charge is 0.229 e. The second-order valence-corrected chi connectivity index (χ2v) is 9.81. The van der Waals surface area contributed by atoms with Crippen LogP contribution in [0.15, 0.2) is 48.5 Å². The van der Waals surface area contributed by atoms with Crippen molar-refractivity contribution in [2.45, 2.75) is 39.0 Å². The molecule has 5 nitrogen and oxygen atoms in total. The van der Waals surface area contributed by atoms with Crippen LogP contribution in [0, 0.1) is 12.8 Å². The Morgan fingerprint density at radius 2 is 1.72 bits per heavy atom. The largest absolute Gasteiger partial charge is 0.342 e. The lowest BCUT2D eigenvalue weighted by atomic mass is 9.90. The summed E-state index contributed by atoms with van der Waals surface area (Å²) in [6.45, 7) is 3.66. The molecule has 0 unspecified atom stereocenters. The van der Waals surface area contributed by atoms with E-state index in [2.05, 4.69) is 35.9 Å². The lowest BCUT2D eigenvalue weighted by Crippen LogP contribution is -2.39. The van der Waals surface area contributed by atoms with Crippen molar-refractivity contribution < 1.29 is 13.2 Å². The van der Waals surface area contributed by atoms with Gasteiger partial charge < -0.3 is 4.90 Å². The molecule has 0 radical (unpaired) electrons. The number of aryl methyl sites for hydroxylation is 2. The maximum Gasteiger partial charge on any atom is 0.229 e. The fourth-order valence-corrected chi connectivity index (χ4v) is 4.44. The lowest BCUT2D eigenvalue weighted by molar-refractivity contribution is -0.131. The molecule has 1 heterocycles. The van der Waals surface area contributed by atoms with E-state index >= 15 is 0 Å². The standard InChI is InChI=1S/C23H30N2O3S/c1-18-7-9-19(10-8-18)11-12-20-13-15-25(16-14-20)23(26)17-21-5-3-4-6-22(21)24-29(2,27)28/h3-10,20,24H,11-17H2,1-2H3. The van der Waals surface area contributed by atoms with E-state index in [0.29, 0.717) is 17.2 Å². The van der Waals surface area contributed by atoms with E-state index in [4.69, 9.17) is 0 Å². The molecule has 2 aromatic carbocycles. The number of sulfonamides is 1. The molecular weight excluding hydrogens is 384 g/mol. The molecule has 1 fully saturated rings. The van der Waals surface area contributed by atoms with Crippen molar-refractivity contribution in [3.8, 4) is 0 Å². The van der Waals surface area contributed by atoms with E-state index in [0.717, 1.165) is 45.0 Å². The van der Waals surface area contributed by atoms with Gasteiger partial charge in [0.15, 0.2) is 0 Å². The average molecular weight is 415 g/mol. The molecule has 0 saturated carbocycles. The zero-order valence-electron chi connectivity index (χ0n) is 17.2. The highest BCUT2D eigenvalue weighted by Crippen LogP contribution is 2.24. The van der Waals surface area contributed by atoms with Gasteiger partial charge in [-0.15, -0.1) is 0 Å². The number of hydrogen-bond acceptors (Lipinski definition) is 3. The third-order valence-electron chi connectivity index (χ3n) is 5.58. The number of amides is 1. The Bertz CT molecular complexity index is 931. The molecule has 0 aliphatic carbocycles. The summed E-state index contributed by atoms with van der Waals surface area (Å²) in [7, 11) is -3.37. The highest BCUT2D eigenvalue weighted by molar-refractivity contribution is 7.92. The summed E-state index contributed by atoms with van der Waals surface area (Å²) in [5.74, 6) is 0.712. The van der Waals surface area contributed by atoms with Crippen LogP contribution >= 0.6 is 0 Å². The molecule has 0 bridgehead atoms. The minimum atomic E-state index is -3.37. The molecule has 0 aromatic heterocycles. The van der Waals surface area contributed by atoms with Crippen molar-refractivity contribution >= 4 is 21.6 Å². The summed E-state index contributed by atoms with van der Waals surface area (Å²) in [4.78, 5) is 14.7. The van der Waals surface area contributed by atoms with Gasteiger partial charge in [0.2, 0.25) is 15.9 Å². The van der Waals surface area contributed by atoms with Crippen molar-refractivity contribution in [1.29, 1.82) is 0 Å². The SMILES string of the molecule is Cc1ccc(CCC2CCN(C(=O)Cc3ccccc3NS(C)(=O)=O)CC2)cc1. The monoisotopic (exact) mass is 414 g/mol. The Kier molecular flexibility index (Phi) is 6.96. The van der Waals surface area contributed by atoms with Gasteiger partial charge in [-0.2, -0.15) is 0 Å². The fourth-order valence-electron chi connectivity index (χ4n) is 3.85. The zero-order chi connectivity index (χ0) is 20.9. The predicted molar refractivity (Wildman–Crippen MR) is 117 cm³/mol. The summed E-state index contributed by atoms with van der Waals surface area (Å²) in [5.41, 5.74) is 3.86. The van der Waals surface area contributed by atoms with Crippen molar-refractivity contribution in [2.24, 2.45) is 5.92 Å². The predicted octanol–water partition coefficient (Wildman–Crippen LogP) is 3.78. The number of para-hydroxylation sites is 1. The molecule has 1 aliphatic heterocycles. The van der Waals surface area contributed by atoms with Crippen molar-refractivity contribution in [2.75, 3.05) is 24.1 Å². The molecule has 1 aliphatic rings. The molecule has 0 atom stereocenters. The van der Waals surface area contributed by atoms with Crippen molar-refractivity contribution in [3.05, 3.63) is 65.2 Å². The first-order chi connectivity index (χ1) is 13.8. The Labute approximate surface area is 174 Å². The molecule has 1 amide bonds. The van der Waals surface area contributed by atoms with E-state index in [1.54, 1.807) is 18.2 Å². The molecule has 156 valence electrons. The Morgan fingerprint density at radius 1 is 1.07 bits per heavy atom. The Hall–Kier alpha value is -2.34. The first kappa shape index (κ1) is 21.4. The van der Waals surface area contributed by atoms with Crippen LogP contribution in [0.2, 0.25) is 0 Å². The van der Waals surface area contributed by atoms with Crippen LogP contribution in [-0.4, -0.2) is 38.6 Å². The Balaban J connectivity index is 1.50. The van der Waals surface area contributed by atoms with Gasteiger partial charge in [-0.1, -0.05) is 48.0 Å². The number of nitrogens with one attached hydrogen (secondary N) is 1. The minimum Gasteiger partial charge on any atom is -0.342 e. The molecule has 0 spiro atoms. The van der Waals surface area contributed by atoms with Crippen molar-refractivity contribution in [3.63, 3.8) is 0 Å². The number of benzene rings is 2. The lowest BCUT2D eigenvalue weighted by Gasteiger charge is -2.32. The molecule has 1 saturated heterocycles. The average Bonchev–Trinajstić information content (AvgIpc) is 2.68. The van der Waals surface area contributed by atoms with Crippen LogP contribution in [0.5, 0.6) is 0 Å². The van der Waals surface area contributed by atoms with Gasteiger partial charge in [-0.25, -0.2) is 8.42 Å². The Morgan fingerprint density at radius 3 is 2.38 bits per heavy atom. The quantitative estimate of drug-likeness (QED) is 0.750. The van der Waals surface area contributed by atoms with Gasteiger partial charge >= 0.3 is 0 Å². The van der Waals surface area contributed by atoms with E-state index in [-0.39, 0.29) is 12.3 Å². The van der Waals surface area contributed by atoms with E-state index in [9.17, 15) is 13.2 Å². The van der Waals surface area contributed by atoms with Gasteiger partial charge in [0.05, 0.1) is 18.4 Å². The van der Waals surface area contributed by atoms with E-state index < -0.39 is 10.0 Å². The van der Waals surface area contributed by atoms with Crippen LogP contribution < -0.4 is 4.72 Å². The van der Waals surface area contributed by atoms with Crippen LogP contribution in [0.1, 0.15) is 36.0 Å². The molecule has 29 heavy (non-hydrogen) atoms. The maximum atomic E-state index is 12.8. The van der Waals surface area contributed by atoms with E-state index in [1.165, 1.54) is 11.1 Å². The highest BCUT2D eigenvalue weighted by Gasteiger charge is 2.23. The minimum absolute atomic E-state index is 0.0599. The van der Waals surface area contributed by atoms with Crippen LogP contribution in [0.3, 0.4) is 0 Å². The third-order valence-corrected chi connectivity index (χ3v) is 6.17. The van der Waals surface area contributed by atoms with Crippen LogP contribution in [0.4, 0.5) is 5.69 Å². The number of nitrogens with zero attached hydrogens (tertiary/aromatic N) is 1. The molecule has 3 rings (SSSR count). The molecular formula is C23H30N2O3S. The highest BCUT2D eigenvalue weighted by atomic mass is 32.2. The number of carbonyl (C=O) groups is 1. The second kappa shape index (κ2) is 9.44. The summed E-state index contributed by atoms with van der Waals surface area (Å²) >= 11 is 0. The molecule has 6 heteroatoms. The van der Waals surface area contributed by atoms with Gasteiger partial charge in [-0.3, -0.25) is 9.52 Å². The first-order valence-corrected chi connectivity index (χ1v) is 12.1. The normalized spacial score (nSPS) is 15.3. The molecule has 1 N–H and O–H groups in total. The zero-order valence-corrected chi connectivity index (χ0v) is 18.0. The number of carbonyl (C=O) groups excluding carboxylic acids is 1. The summed E-state index contributed by atoms with van der Waals surface area (Å²) in [6.07, 6.45) is 5.64. The van der Waals surface area contributed by atoms with Gasteiger partial charge in [0.25, 0.3) is 0 Å². The number of likely N-dealkylation sites (tertiary alicyclic amines) is 1. The summed E-state index contributed by atoms with van der Waals surface area (Å²) < 4.78 is 25.6. The number of piperidine rings is 1. The third kappa shape index (κ3) is 6.60. The topological polar surface area (TPSA) is 66.5 Å². The summed E-state index contributed by atoms with van der Waals surface area (Å²) in [6, 6.07) is 15.8. The second-order valence-electron chi connectivity index (χ2n) is 8.06. The van der Waals surface area contributed by atoms with Gasteiger partial charge in [-0.05, 0) is 55.7 Å².